The van der Waals surface area contributed by atoms with E-state index in [9.17, 15) is 5.11 Å². The number of aromatic nitrogens is 1. The molecule has 0 aliphatic carbocycles. The van der Waals surface area contributed by atoms with Crippen LogP contribution in [-0.4, -0.2) is 10.1 Å². The number of nitrogens with zero attached hydrogens (tertiary/aromatic N) is 1. The number of pyridine rings is 1. The molecule has 0 aliphatic rings. The fourth-order valence-electron chi connectivity index (χ4n) is 3.11. The van der Waals surface area contributed by atoms with Crippen molar-refractivity contribution in [3.05, 3.63) is 99.4 Å². The molecule has 0 unspecified atom stereocenters. The molecule has 140 valence electrons. The molecule has 3 nitrogen and oxygen atoms in total. The summed E-state index contributed by atoms with van der Waals surface area (Å²) in [4.78, 5) is 4.11. The molecule has 0 bridgehead atoms. The van der Waals surface area contributed by atoms with Gasteiger partial charge in [0.2, 0.25) is 0 Å². The average molecular weight is 431 g/mol. The van der Waals surface area contributed by atoms with Crippen LogP contribution in [0.5, 0.6) is 0 Å². The van der Waals surface area contributed by atoms with Crippen molar-refractivity contribution in [2.45, 2.75) is 6.10 Å². The van der Waals surface area contributed by atoms with Gasteiger partial charge >= 0.3 is 0 Å². The molecule has 0 radical (unpaired) electrons. The number of benzene rings is 2. The predicted molar refractivity (Wildman–Crippen MR) is 113 cm³/mol. The quantitative estimate of drug-likeness (QED) is 0.377. The number of hydrogen-bond donors (Lipinski definition) is 1. The van der Waals surface area contributed by atoms with Gasteiger partial charge in [-0.25, -0.2) is 0 Å². The Kier molecular flexibility index (Phi) is 5.42. The summed E-state index contributed by atoms with van der Waals surface area (Å²) in [6, 6.07) is 16.1. The molecule has 0 spiro atoms. The van der Waals surface area contributed by atoms with E-state index >= 15 is 0 Å². The Bertz CT molecular complexity index is 1130. The summed E-state index contributed by atoms with van der Waals surface area (Å²) in [7, 11) is 0. The highest BCUT2D eigenvalue weighted by Crippen LogP contribution is 2.44. The first kappa shape index (κ1) is 19.0. The molecule has 1 atom stereocenters. The molecule has 2 aromatic heterocycles. The molecule has 0 amide bonds. The van der Waals surface area contributed by atoms with Crippen molar-refractivity contribution < 1.29 is 9.52 Å². The lowest BCUT2D eigenvalue weighted by Crippen LogP contribution is -2.02. The van der Waals surface area contributed by atoms with Crippen molar-refractivity contribution in [3.8, 4) is 22.5 Å². The largest absolute Gasteiger partial charge is 0.463 e. The van der Waals surface area contributed by atoms with Gasteiger partial charge in [0.25, 0.3) is 0 Å². The van der Waals surface area contributed by atoms with E-state index < -0.39 is 6.10 Å². The maximum atomic E-state index is 11.2. The Hall–Kier alpha value is -2.30. The molecule has 4 aromatic rings. The standard InChI is InChI=1S/C22H14Cl3NO2/c23-14-7-8-15(19(25)10-14)17-12-28-22(16-5-1-2-6-18(16)24)20(17)21(27)13-4-3-9-26-11-13/h1-12,21,27H/t21-/m1/s1. The van der Waals surface area contributed by atoms with E-state index in [-0.39, 0.29) is 0 Å². The predicted octanol–water partition coefficient (Wildman–Crippen LogP) is 7.05. The molecular formula is C22H14Cl3NO2. The number of halogens is 3. The van der Waals surface area contributed by atoms with Gasteiger partial charge in [-0.1, -0.05) is 59.1 Å². The molecule has 0 aliphatic heterocycles. The molecule has 6 heteroatoms. The van der Waals surface area contributed by atoms with E-state index in [2.05, 4.69) is 4.98 Å². The fraction of sp³-hybridized carbons (Fsp3) is 0.0455. The number of aliphatic hydroxyl groups excluding tert-OH is 1. The second kappa shape index (κ2) is 7.98. The third kappa shape index (κ3) is 3.54. The average Bonchev–Trinajstić information content (AvgIpc) is 3.13. The Morgan fingerprint density at radius 2 is 1.68 bits per heavy atom. The lowest BCUT2D eigenvalue weighted by atomic mass is 9.93. The molecule has 2 heterocycles. The minimum atomic E-state index is -0.986. The lowest BCUT2D eigenvalue weighted by Gasteiger charge is -2.15. The van der Waals surface area contributed by atoms with Crippen LogP contribution in [0, 0.1) is 0 Å². The third-order valence-corrected chi connectivity index (χ3v) is 5.32. The van der Waals surface area contributed by atoms with Crippen molar-refractivity contribution >= 4 is 34.8 Å². The van der Waals surface area contributed by atoms with Crippen molar-refractivity contribution in [2.75, 3.05) is 0 Å². The van der Waals surface area contributed by atoms with E-state index in [1.807, 2.05) is 18.2 Å². The molecule has 28 heavy (non-hydrogen) atoms. The SMILES string of the molecule is O[C@H](c1cccnc1)c1c(-c2ccc(Cl)cc2Cl)coc1-c1ccccc1Cl. The zero-order chi connectivity index (χ0) is 19.7. The van der Waals surface area contributed by atoms with Crippen LogP contribution in [0.3, 0.4) is 0 Å². The van der Waals surface area contributed by atoms with Gasteiger partial charge < -0.3 is 9.52 Å². The van der Waals surface area contributed by atoms with Crippen molar-refractivity contribution in [2.24, 2.45) is 0 Å². The van der Waals surface area contributed by atoms with Crippen LogP contribution in [0.2, 0.25) is 15.1 Å². The van der Waals surface area contributed by atoms with E-state index in [0.717, 1.165) is 0 Å². The van der Waals surface area contributed by atoms with E-state index in [1.54, 1.807) is 55.1 Å². The maximum Gasteiger partial charge on any atom is 0.142 e. The monoisotopic (exact) mass is 429 g/mol. The normalized spacial score (nSPS) is 12.1. The second-order valence-corrected chi connectivity index (χ2v) is 7.44. The number of furan rings is 1. The summed E-state index contributed by atoms with van der Waals surface area (Å²) >= 11 is 18.9. The first-order valence-electron chi connectivity index (χ1n) is 8.46. The zero-order valence-electron chi connectivity index (χ0n) is 14.4. The summed E-state index contributed by atoms with van der Waals surface area (Å²) in [6.45, 7) is 0. The van der Waals surface area contributed by atoms with Gasteiger partial charge in [-0.3, -0.25) is 4.98 Å². The van der Waals surface area contributed by atoms with Gasteiger partial charge in [0, 0.05) is 50.3 Å². The molecule has 2 aromatic carbocycles. The molecule has 1 N–H and O–H groups in total. The molecule has 0 fully saturated rings. The van der Waals surface area contributed by atoms with Crippen molar-refractivity contribution in [1.82, 2.24) is 4.98 Å². The van der Waals surface area contributed by atoms with E-state index in [0.29, 0.717) is 48.6 Å². The number of hydrogen-bond acceptors (Lipinski definition) is 3. The van der Waals surface area contributed by atoms with Crippen LogP contribution >= 0.6 is 34.8 Å². The first-order valence-corrected chi connectivity index (χ1v) is 9.59. The van der Waals surface area contributed by atoms with Gasteiger partial charge in [0.15, 0.2) is 0 Å². The van der Waals surface area contributed by atoms with Crippen LogP contribution in [0.25, 0.3) is 22.5 Å². The topological polar surface area (TPSA) is 46.3 Å². The molecule has 0 saturated heterocycles. The smallest absolute Gasteiger partial charge is 0.142 e. The molecule has 4 rings (SSSR count). The number of aliphatic hydroxyl groups is 1. The Morgan fingerprint density at radius 3 is 2.39 bits per heavy atom. The van der Waals surface area contributed by atoms with Gasteiger partial charge in [0.05, 0.1) is 11.3 Å². The maximum absolute atomic E-state index is 11.2. The zero-order valence-corrected chi connectivity index (χ0v) is 16.7. The summed E-state index contributed by atoms with van der Waals surface area (Å²) in [5, 5.41) is 12.7. The van der Waals surface area contributed by atoms with Gasteiger partial charge in [-0.15, -0.1) is 0 Å². The van der Waals surface area contributed by atoms with Crippen molar-refractivity contribution in [3.63, 3.8) is 0 Å². The number of rotatable bonds is 4. The second-order valence-electron chi connectivity index (χ2n) is 6.19. The summed E-state index contributed by atoms with van der Waals surface area (Å²) in [5.74, 6) is 0.475. The molecular weight excluding hydrogens is 417 g/mol. The van der Waals surface area contributed by atoms with Crippen LogP contribution in [0.1, 0.15) is 17.2 Å². The highest BCUT2D eigenvalue weighted by Gasteiger charge is 2.26. The summed E-state index contributed by atoms with van der Waals surface area (Å²) in [5.41, 5.74) is 3.23. The fourth-order valence-corrected chi connectivity index (χ4v) is 3.85. The minimum absolute atomic E-state index is 0.457. The Balaban J connectivity index is 1.96. The van der Waals surface area contributed by atoms with Gasteiger partial charge in [-0.2, -0.15) is 0 Å². The van der Waals surface area contributed by atoms with Crippen LogP contribution in [0.4, 0.5) is 0 Å². The lowest BCUT2D eigenvalue weighted by molar-refractivity contribution is 0.220. The van der Waals surface area contributed by atoms with Gasteiger partial charge in [-0.05, 0) is 30.3 Å². The van der Waals surface area contributed by atoms with Crippen LogP contribution in [0.15, 0.2) is 77.7 Å². The summed E-state index contributed by atoms with van der Waals surface area (Å²) in [6.07, 6.45) is 3.85. The van der Waals surface area contributed by atoms with Crippen LogP contribution in [-0.2, 0) is 0 Å². The van der Waals surface area contributed by atoms with E-state index in [4.69, 9.17) is 39.2 Å². The van der Waals surface area contributed by atoms with Crippen LogP contribution < -0.4 is 0 Å². The minimum Gasteiger partial charge on any atom is -0.463 e. The highest BCUT2D eigenvalue weighted by atomic mass is 35.5. The van der Waals surface area contributed by atoms with Gasteiger partial charge in [0.1, 0.15) is 11.9 Å². The first-order chi connectivity index (χ1) is 13.6. The highest BCUT2D eigenvalue weighted by molar-refractivity contribution is 6.36. The third-order valence-electron chi connectivity index (χ3n) is 4.44. The van der Waals surface area contributed by atoms with Crippen molar-refractivity contribution in [1.29, 1.82) is 0 Å². The van der Waals surface area contributed by atoms with E-state index in [1.165, 1.54) is 0 Å². The Labute approximate surface area is 177 Å². The summed E-state index contributed by atoms with van der Waals surface area (Å²) < 4.78 is 5.89. The Morgan fingerprint density at radius 1 is 0.857 bits per heavy atom. The molecule has 0 saturated carbocycles.